The Morgan fingerprint density at radius 3 is 2.07 bits per heavy atom. The highest BCUT2D eigenvalue weighted by atomic mass is 16.5. The van der Waals surface area contributed by atoms with Gasteiger partial charge < -0.3 is 24.8 Å². The van der Waals surface area contributed by atoms with Gasteiger partial charge in [0.25, 0.3) is 0 Å². The van der Waals surface area contributed by atoms with Crippen LogP contribution >= 0.6 is 0 Å². The van der Waals surface area contributed by atoms with Crippen LogP contribution in [0.2, 0.25) is 0 Å². The van der Waals surface area contributed by atoms with Crippen molar-refractivity contribution in [2.75, 3.05) is 37.5 Å². The van der Waals surface area contributed by atoms with Gasteiger partial charge in [-0.2, -0.15) is 0 Å². The highest BCUT2D eigenvalue weighted by molar-refractivity contribution is 5.93. The van der Waals surface area contributed by atoms with E-state index in [2.05, 4.69) is 10.6 Å². The van der Waals surface area contributed by atoms with Crippen LogP contribution in [0.3, 0.4) is 0 Å². The summed E-state index contributed by atoms with van der Waals surface area (Å²) < 4.78 is 16.2. The first-order valence-corrected chi connectivity index (χ1v) is 9.31. The van der Waals surface area contributed by atoms with E-state index in [4.69, 9.17) is 14.2 Å². The van der Waals surface area contributed by atoms with Crippen molar-refractivity contribution < 1.29 is 19.0 Å². The molecule has 0 bridgehead atoms. The van der Waals surface area contributed by atoms with Gasteiger partial charge in [0, 0.05) is 18.5 Å². The van der Waals surface area contributed by atoms with Gasteiger partial charge in [-0.3, -0.25) is 4.79 Å². The Balaban J connectivity index is 1.43. The van der Waals surface area contributed by atoms with Crippen molar-refractivity contribution >= 4 is 17.3 Å². The standard InChI is InChI=1S/C23H24N2O4/c1-27-15-16-28-20-11-9-19(10-12-20)25-23(26)17-24-18-7-13-22(14-8-18)29-21-5-3-2-4-6-21/h2-14,24H,15-17H2,1H3,(H,25,26). The number of carbonyl (C=O) groups excluding carboxylic acids is 1. The molecule has 0 radical (unpaired) electrons. The molecule has 0 aromatic heterocycles. The van der Waals surface area contributed by atoms with Crippen molar-refractivity contribution in [3.63, 3.8) is 0 Å². The fraction of sp³-hybridized carbons (Fsp3) is 0.174. The molecule has 6 nitrogen and oxygen atoms in total. The third kappa shape index (κ3) is 6.86. The summed E-state index contributed by atoms with van der Waals surface area (Å²) in [6.45, 7) is 1.18. The molecule has 0 saturated heterocycles. The molecule has 3 aromatic rings. The van der Waals surface area contributed by atoms with Gasteiger partial charge in [-0.25, -0.2) is 0 Å². The fourth-order valence-corrected chi connectivity index (χ4v) is 2.53. The predicted octanol–water partition coefficient (Wildman–Crippen LogP) is 4.55. The average Bonchev–Trinajstić information content (AvgIpc) is 2.75. The molecule has 6 heteroatoms. The maximum absolute atomic E-state index is 12.1. The highest BCUT2D eigenvalue weighted by Gasteiger charge is 2.04. The van der Waals surface area contributed by atoms with Crippen LogP contribution in [0.5, 0.6) is 17.2 Å². The van der Waals surface area contributed by atoms with Crippen LogP contribution in [0, 0.1) is 0 Å². The maximum atomic E-state index is 12.1. The highest BCUT2D eigenvalue weighted by Crippen LogP contribution is 2.22. The van der Waals surface area contributed by atoms with E-state index in [1.807, 2.05) is 66.7 Å². The number of anilines is 2. The zero-order valence-corrected chi connectivity index (χ0v) is 16.3. The van der Waals surface area contributed by atoms with Crippen molar-refractivity contribution in [2.45, 2.75) is 0 Å². The van der Waals surface area contributed by atoms with Crippen molar-refractivity contribution in [1.82, 2.24) is 0 Å². The van der Waals surface area contributed by atoms with Gasteiger partial charge in [0.1, 0.15) is 23.9 Å². The number of hydrogen-bond acceptors (Lipinski definition) is 5. The summed E-state index contributed by atoms with van der Waals surface area (Å²) in [6, 6.07) is 24.3. The molecular formula is C23H24N2O4. The quantitative estimate of drug-likeness (QED) is 0.495. The number of ether oxygens (including phenoxy) is 3. The number of nitrogens with one attached hydrogen (secondary N) is 2. The van der Waals surface area contributed by atoms with E-state index in [1.54, 1.807) is 19.2 Å². The second kappa shape index (κ2) is 10.7. The minimum Gasteiger partial charge on any atom is -0.491 e. The molecule has 0 unspecified atom stereocenters. The lowest BCUT2D eigenvalue weighted by Gasteiger charge is -2.10. The number of hydrogen-bond donors (Lipinski definition) is 2. The molecule has 2 N–H and O–H groups in total. The van der Waals surface area contributed by atoms with Crippen molar-refractivity contribution in [3.05, 3.63) is 78.9 Å². The van der Waals surface area contributed by atoms with E-state index in [0.29, 0.717) is 18.9 Å². The van der Waals surface area contributed by atoms with Crippen molar-refractivity contribution in [2.24, 2.45) is 0 Å². The second-order valence-electron chi connectivity index (χ2n) is 6.21. The van der Waals surface area contributed by atoms with Crippen LogP contribution in [0.1, 0.15) is 0 Å². The lowest BCUT2D eigenvalue weighted by Crippen LogP contribution is -2.21. The number of para-hydroxylation sites is 1. The van der Waals surface area contributed by atoms with Crippen molar-refractivity contribution in [1.29, 1.82) is 0 Å². The summed E-state index contributed by atoms with van der Waals surface area (Å²) in [5.74, 6) is 2.11. The maximum Gasteiger partial charge on any atom is 0.243 e. The van der Waals surface area contributed by atoms with Crippen LogP contribution in [0.25, 0.3) is 0 Å². The van der Waals surface area contributed by atoms with Gasteiger partial charge in [-0.05, 0) is 60.7 Å². The van der Waals surface area contributed by atoms with Crippen LogP contribution in [-0.2, 0) is 9.53 Å². The van der Waals surface area contributed by atoms with Gasteiger partial charge in [-0.1, -0.05) is 18.2 Å². The topological polar surface area (TPSA) is 68.8 Å². The van der Waals surface area contributed by atoms with Gasteiger partial charge in [-0.15, -0.1) is 0 Å². The lowest BCUT2D eigenvalue weighted by atomic mass is 10.3. The molecule has 3 aromatic carbocycles. The Labute approximate surface area is 170 Å². The van der Waals surface area contributed by atoms with E-state index in [1.165, 1.54) is 0 Å². The third-order valence-corrected chi connectivity index (χ3v) is 3.98. The molecule has 0 aliphatic rings. The SMILES string of the molecule is COCCOc1ccc(NC(=O)CNc2ccc(Oc3ccccc3)cc2)cc1. The molecular weight excluding hydrogens is 368 g/mol. The number of carbonyl (C=O) groups is 1. The molecule has 0 heterocycles. The third-order valence-electron chi connectivity index (χ3n) is 3.98. The smallest absolute Gasteiger partial charge is 0.243 e. The largest absolute Gasteiger partial charge is 0.491 e. The zero-order chi connectivity index (χ0) is 20.3. The molecule has 0 atom stereocenters. The van der Waals surface area contributed by atoms with E-state index < -0.39 is 0 Å². The van der Waals surface area contributed by atoms with E-state index in [-0.39, 0.29) is 12.5 Å². The molecule has 0 aliphatic heterocycles. The van der Waals surface area contributed by atoms with Crippen molar-refractivity contribution in [3.8, 4) is 17.2 Å². The predicted molar refractivity (Wildman–Crippen MR) is 114 cm³/mol. The first-order chi connectivity index (χ1) is 14.2. The molecule has 1 amide bonds. The normalized spacial score (nSPS) is 10.2. The van der Waals surface area contributed by atoms with Crippen LogP contribution in [0.4, 0.5) is 11.4 Å². The van der Waals surface area contributed by atoms with Crippen LogP contribution < -0.4 is 20.1 Å². The summed E-state index contributed by atoms with van der Waals surface area (Å²) in [4.78, 5) is 12.1. The van der Waals surface area contributed by atoms with E-state index in [0.717, 1.165) is 22.9 Å². The monoisotopic (exact) mass is 392 g/mol. The zero-order valence-electron chi connectivity index (χ0n) is 16.3. The number of amides is 1. The Morgan fingerprint density at radius 1 is 0.759 bits per heavy atom. The minimum absolute atomic E-state index is 0.136. The number of rotatable bonds is 10. The minimum atomic E-state index is -0.136. The van der Waals surface area contributed by atoms with Gasteiger partial charge in [0.2, 0.25) is 5.91 Å². The molecule has 0 saturated carbocycles. The summed E-state index contributed by atoms with van der Waals surface area (Å²) >= 11 is 0. The Morgan fingerprint density at radius 2 is 1.38 bits per heavy atom. The molecule has 150 valence electrons. The summed E-state index contributed by atoms with van der Waals surface area (Å²) in [7, 11) is 1.63. The van der Waals surface area contributed by atoms with E-state index >= 15 is 0 Å². The van der Waals surface area contributed by atoms with Crippen LogP contribution in [0.15, 0.2) is 78.9 Å². The van der Waals surface area contributed by atoms with E-state index in [9.17, 15) is 4.79 Å². The Kier molecular flexibility index (Phi) is 7.48. The molecule has 0 aliphatic carbocycles. The summed E-state index contributed by atoms with van der Waals surface area (Å²) in [5, 5.41) is 5.94. The first-order valence-electron chi connectivity index (χ1n) is 9.31. The lowest BCUT2D eigenvalue weighted by molar-refractivity contribution is -0.114. The van der Waals surface area contributed by atoms with Gasteiger partial charge in [0.05, 0.1) is 13.2 Å². The molecule has 0 spiro atoms. The second-order valence-corrected chi connectivity index (χ2v) is 6.21. The number of benzene rings is 3. The Bertz CT molecular complexity index is 881. The molecule has 0 fully saturated rings. The average molecular weight is 392 g/mol. The fourth-order valence-electron chi connectivity index (χ4n) is 2.53. The summed E-state index contributed by atoms with van der Waals surface area (Å²) in [6.07, 6.45) is 0. The van der Waals surface area contributed by atoms with Gasteiger partial charge >= 0.3 is 0 Å². The Hall–Kier alpha value is -3.51. The summed E-state index contributed by atoms with van der Waals surface area (Å²) in [5.41, 5.74) is 1.55. The van der Waals surface area contributed by atoms with Gasteiger partial charge in [0.15, 0.2) is 0 Å². The van der Waals surface area contributed by atoms with Crippen LogP contribution in [-0.4, -0.2) is 32.8 Å². The molecule has 29 heavy (non-hydrogen) atoms. The molecule has 3 rings (SSSR count). The number of methoxy groups -OCH3 is 1. The first kappa shape index (κ1) is 20.2.